The fraction of sp³-hybridized carbons (Fsp3) is 0.909. The molecule has 1 unspecified atom stereocenters. The van der Waals surface area contributed by atoms with Crippen LogP contribution in [0.2, 0.25) is 0 Å². The van der Waals surface area contributed by atoms with Crippen LogP contribution in [0.5, 0.6) is 0 Å². The van der Waals surface area contributed by atoms with Gasteiger partial charge in [0.15, 0.2) is 0 Å². The van der Waals surface area contributed by atoms with Gasteiger partial charge < -0.3 is 0 Å². The summed E-state index contributed by atoms with van der Waals surface area (Å²) in [5.74, 6) is 0.623. The van der Waals surface area contributed by atoms with E-state index in [4.69, 9.17) is 5.26 Å². The first-order valence-corrected chi connectivity index (χ1v) is 5.43. The molecule has 0 spiro atoms. The highest BCUT2D eigenvalue weighted by Crippen LogP contribution is 2.40. The molecule has 13 heavy (non-hydrogen) atoms. The maximum Gasteiger partial charge on any atom is 0.106 e. The SMILES string of the molecule is CC(C#N)(NC1CCCC1)C1CC1. The second kappa shape index (κ2) is 3.31. The van der Waals surface area contributed by atoms with Crippen molar-refractivity contribution in [3.05, 3.63) is 0 Å². The molecule has 2 saturated carbocycles. The van der Waals surface area contributed by atoms with E-state index in [0.29, 0.717) is 12.0 Å². The summed E-state index contributed by atoms with van der Waals surface area (Å²) in [7, 11) is 0. The molecule has 0 bridgehead atoms. The Morgan fingerprint density at radius 2 is 1.85 bits per heavy atom. The molecule has 0 aliphatic heterocycles. The third-order valence-electron chi connectivity index (χ3n) is 3.49. The number of rotatable bonds is 3. The van der Waals surface area contributed by atoms with Crippen molar-refractivity contribution >= 4 is 0 Å². The first-order valence-electron chi connectivity index (χ1n) is 5.43. The minimum Gasteiger partial charge on any atom is -0.297 e. The number of nitrogens with zero attached hydrogens (tertiary/aromatic N) is 1. The predicted octanol–water partition coefficient (Wildman–Crippen LogP) is 2.21. The Morgan fingerprint density at radius 3 is 2.31 bits per heavy atom. The summed E-state index contributed by atoms with van der Waals surface area (Å²) in [5.41, 5.74) is -0.227. The minimum atomic E-state index is -0.227. The Bertz CT molecular complexity index is 221. The quantitative estimate of drug-likeness (QED) is 0.719. The van der Waals surface area contributed by atoms with Crippen molar-refractivity contribution < 1.29 is 0 Å². The molecular formula is C11H18N2. The van der Waals surface area contributed by atoms with E-state index in [0.717, 1.165) is 0 Å². The van der Waals surface area contributed by atoms with Crippen LogP contribution < -0.4 is 5.32 Å². The summed E-state index contributed by atoms with van der Waals surface area (Å²) >= 11 is 0. The highest BCUT2D eigenvalue weighted by Gasteiger charge is 2.43. The molecule has 0 heterocycles. The highest BCUT2D eigenvalue weighted by atomic mass is 15.0. The Hall–Kier alpha value is -0.550. The fourth-order valence-electron chi connectivity index (χ4n) is 2.40. The number of nitriles is 1. The van der Waals surface area contributed by atoms with Crippen LogP contribution in [-0.2, 0) is 0 Å². The van der Waals surface area contributed by atoms with E-state index in [2.05, 4.69) is 18.3 Å². The molecule has 0 radical (unpaired) electrons. The third-order valence-corrected chi connectivity index (χ3v) is 3.49. The average molecular weight is 178 g/mol. The van der Waals surface area contributed by atoms with Crippen LogP contribution in [0.15, 0.2) is 0 Å². The van der Waals surface area contributed by atoms with Gasteiger partial charge in [0.05, 0.1) is 6.07 Å². The zero-order valence-electron chi connectivity index (χ0n) is 8.34. The Kier molecular flexibility index (Phi) is 2.29. The monoisotopic (exact) mass is 178 g/mol. The average Bonchev–Trinajstić information content (AvgIpc) is 2.88. The van der Waals surface area contributed by atoms with E-state index >= 15 is 0 Å². The van der Waals surface area contributed by atoms with Crippen LogP contribution in [0.3, 0.4) is 0 Å². The molecule has 0 aromatic heterocycles. The Morgan fingerprint density at radius 1 is 1.23 bits per heavy atom. The van der Waals surface area contributed by atoms with Crippen molar-refractivity contribution in [2.45, 2.75) is 57.0 Å². The molecule has 0 aromatic rings. The summed E-state index contributed by atoms with van der Waals surface area (Å²) in [6.45, 7) is 2.07. The van der Waals surface area contributed by atoms with Crippen molar-refractivity contribution in [2.24, 2.45) is 5.92 Å². The minimum absolute atomic E-state index is 0.227. The van der Waals surface area contributed by atoms with Gasteiger partial charge in [-0.1, -0.05) is 12.8 Å². The van der Waals surface area contributed by atoms with Crippen LogP contribution in [0.1, 0.15) is 45.4 Å². The lowest BCUT2D eigenvalue weighted by atomic mass is 9.96. The van der Waals surface area contributed by atoms with Gasteiger partial charge >= 0.3 is 0 Å². The maximum atomic E-state index is 9.14. The van der Waals surface area contributed by atoms with Crippen LogP contribution in [0.25, 0.3) is 0 Å². The molecule has 2 heteroatoms. The zero-order chi connectivity index (χ0) is 9.31. The summed E-state index contributed by atoms with van der Waals surface area (Å²) in [6, 6.07) is 3.07. The van der Waals surface area contributed by atoms with Crippen molar-refractivity contribution in [3.63, 3.8) is 0 Å². The summed E-state index contributed by atoms with van der Waals surface area (Å²) in [5, 5.41) is 12.7. The lowest BCUT2D eigenvalue weighted by Gasteiger charge is -2.27. The number of hydrogen-bond acceptors (Lipinski definition) is 2. The summed E-state index contributed by atoms with van der Waals surface area (Å²) in [6.07, 6.45) is 7.69. The predicted molar refractivity (Wildman–Crippen MR) is 52.1 cm³/mol. The Labute approximate surface area is 80.3 Å². The van der Waals surface area contributed by atoms with Crippen LogP contribution >= 0.6 is 0 Å². The van der Waals surface area contributed by atoms with Gasteiger partial charge in [-0.05, 0) is 38.5 Å². The molecule has 2 rings (SSSR count). The molecule has 0 saturated heterocycles. The van der Waals surface area contributed by atoms with Gasteiger partial charge in [0, 0.05) is 6.04 Å². The number of hydrogen-bond donors (Lipinski definition) is 1. The zero-order valence-corrected chi connectivity index (χ0v) is 8.34. The van der Waals surface area contributed by atoms with E-state index in [1.54, 1.807) is 0 Å². The van der Waals surface area contributed by atoms with Gasteiger partial charge in [-0.15, -0.1) is 0 Å². The van der Waals surface area contributed by atoms with E-state index in [9.17, 15) is 0 Å². The van der Waals surface area contributed by atoms with Crippen molar-refractivity contribution in [1.29, 1.82) is 5.26 Å². The van der Waals surface area contributed by atoms with E-state index in [1.165, 1.54) is 38.5 Å². The van der Waals surface area contributed by atoms with E-state index < -0.39 is 0 Å². The highest BCUT2D eigenvalue weighted by molar-refractivity contribution is 5.13. The van der Waals surface area contributed by atoms with Crippen LogP contribution in [0, 0.1) is 17.2 Å². The second-order valence-electron chi connectivity index (χ2n) is 4.71. The molecule has 1 atom stereocenters. The molecule has 2 aliphatic carbocycles. The van der Waals surface area contributed by atoms with Gasteiger partial charge in [0.25, 0.3) is 0 Å². The second-order valence-corrected chi connectivity index (χ2v) is 4.71. The standard InChI is InChI=1S/C11H18N2/c1-11(8-12,9-6-7-9)13-10-4-2-3-5-10/h9-10,13H,2-7H2,1H3. The topological polar surface area (TPSA) is 35.8 Å². The van der Waals surface area contributed by atoms with Gasteiger partial charge in [-0.2, -0.15) is 5.26 Å². The first-order chi connectivity index (χ1) is 6.24. The van der Waals surface area contributed by atoms with E-state index in [1.807, 2.05) is 0 Å². The molecule has 2 fully saturated rings. The van der Waals surface area contributed by atoms with Gasteiger partial charge in [-0.25, -0.2) is 0 Å². The molecule has 0 aromatic carbocycles. The van der Waals surface area contributed by atoms with Crippen LogP contribution in [-0.4, -0.2) is 11.6 Å². The van der Waals surface area contributed by atoms with Crippen molar-refractivity contribution in [3.8, 4) is 6.07 Å². The largest absolute Gasteiger partial charge is 0.297 e. The Balaban J connectivity index is 1.93. The van der Waals surface area contributed by atoms with Crippen LogP contribution in [0.4, 0.5) is 0 Å². The summed E-state index contributed by atoms with van der Waals surface area (Å²) < 4.78 is 0. The molecule has 72 valence electrons. The van der Waals surface area contributed by atoms with Gasteiger partial charge in [0.1, 0.15) is 5.54 Å². The first kappa shape index (κ1) is 9.02. The summed E-state index contributed by atoms with van der Waals surface area (Å²) in [4.78, 5) is 0. The van der Waals surface area contributed by atoms with Gasteiger partial charge in [0.2, 0.25) is 0 Å². The lowest BCUT2D eigenvalue weighted by molar-refractivity contribution is 0.343. The smallest absolute Gasteiger partial charge is 0.106 e. The fourth-order valence-corrected chi connectivity index (χ4v) is 2.40. The van der Waals surface area contributed by atoms with E-state index in [-0.39, 0.29) is 5.54 Å². The van der Waals surface area contributed by atoms with Gasteiger partial charge in [-0.3, -0.25) is 5.32 Å². The molecule has 1 N–H and O–H groups in total. The lowest BCUT2D eigenvalue weighted by Crippen LogP contribution is -2.47. The van der Waals surface area contributed by atoms with Crippen molar-refractivity contribution in [1.82, 2.24) is 5.32 Å². The normalized spacial score (nSPS) is 28.3. The maximum absolute atomic E-state index is 9.14. The molecule has 0 amide bonds. The van der Waals surface area contributed by atoms with Crippen molar-refractivity contribution in [2.75, 3.05) is 0 Å². The molecular weight excluding hydrogens is 160 g/mol. The third kappa shape index (κ3) is 1.86. The molecule has 2 aliphatic rings. The molecule has 2 nitrogen and oxygen atoms in total. The number of nitrogens with one attached hydrogen (secondary N) is 1.